The van der Waals surface area contributed by atoms with E-state index >= 15 is 0 Å². The Morgan fingerprint density at radius 1 is 1.26 bits per heavy atom. The van der Waals surface area contributed by atoms with Crippen LogP contribution in [-0.4, -0.2) is 45.9 Å². The average molecular weight is 316 g/mol. The molecule has 0 aliphatic carbocycles. The fourth-order valence-electron chi connectivity index (χ4n) is 2.46. The van der Waals surface area contributed by atoms with Crippen molar-refractivity contribution in [2.45, 2.75) is 13.1 Å². The Kier molecular flexibility index (Phi) is 4.89. The second-order valence-corrected chi connectivity index (χ2v) is 5.28. The van der Waals surface area contributed by atoms with E-state index in [0.29, 0.717) is 31.9 Å². The van der Waals surface area contributed by atoms with Gasteiger partial charge in [0.2, 0.25) is 0 Å². The first-order chi connectivity index (χ1) is 11.3. The van der Waals surface area contributed by atoms with Crippen molar-refractivity contribution < 1.29 is 9.15 Å². The van der Waals surface area contributed by atoms with Gasteiger partial charge in [0.05, 0.1) is 26.0 Å². The molecule has 3 heterocycles. The summed E-state index contributed by atoms with van der Waals surface area (Å²) in [5.41, 5.74) is 0.539. The minimum atomic E-state index is -0.120. The summed E-state index contributed by atoms with van der Waals surface area (Å²) in [6.45, 7) is 3.28. The number of rotatable bonds is 8. The van der Waals surface area contributed by atoms with Crippen molar-refractivity contribution in [3.63, 3.8) is 0 Å². The largest absolute Gasteiger partial charge is 0.468 e. The molecule has 3 aromatic heterocycles. The molecule has 122 valence electrons. The number of methoxy groups -OCH3 is 1. The van der Waals surface area contributed by atoms with Crippen molar-refractivity contribution in [3.8, 4) is 0 Å². The van der Waals surface area contributed by atoms with Crippen LogP contribution in [-0.2, 0) is 17.8 Å². The molecule has 7 nitrogen and oxygen atoms in total. The first-order valence-corrected chi connectivity index (χ1v) is 7.56. The van der Waals surface area contributed by atoms with Gasteiger partial charge in [-0.1, -0.05) is 6.07 Å². The molecule has 7 heteroatoms. The molecule has 0 amide bonds. The van der Waals surface area contributed by atoms with Crippen LogP contribution in [0.4, 0.5) is 0 Å². The lowest BCUT2D eigenvalue weighted by Gasteiger charge is -2.20. The Morgan fingerprint density at radius 3 is 2.91 bits per heavy atom. The van der Waals surface area contributed by atoms with Gasteiger partial charge in [-0.3, -0.25) is 9.30 Å². The molecule has 0 saturated carbocycles. The summed E-state index contributed by atoms with van der Waals surface area (Å²) in [6, 6.07) is 9.33. The molecular formula is C16H20N4O3. The van der Waals surface area contributed by atoms with Crippen molar-refractivity contribution in [2.24, 2.45) is 0 Å². The third-order valence-electron chi connectivity index (χ3n) is 3.69. The molecule has 0 aliphatic heterocycles. The Labute approximate surface area is 133 Å². The summed E-state index contributed by atoms with van der Waals surface area (Å²) in [6.07, 6.45) is 3.39. The minimum Gasteiger partial charge on any atom is -0.468 e. The second-order valence-electron chi connectivity index (χ2n) is 5.28. The Hall–Kier alpha value is -2.38. The average Bonchev–Trinajstić information content (AvgIpc) is 3.19. The lowest BCUT2D eigenvalue weighted by Crippen LogP contribution is -2.33. The molecule has 0 aromatic carbocycles. The fraction of sp³-hybridized carbons (Fsp3) is 0.375. The molecule has 0 atom stereocenters. The standard InChI is InChI=1S/C16H20N4O3/c1-22-12-10-18(13-14-5-4-11-23-14)8-9-20-16(21)19-7-3-2-6-15(19)17-20/h2-7,11H,8-10,12-13H2,1H3. The number of nitrogens with zero attached hydrogens (tertiary/aromatic N) is 4. The lowest BCUT2D eigenvalue weighted by atomic mass is 10.4. The van der Waals surface area contributed by atoms with Gasteiger partial charge in [-0.05, 0) is 24.3 Å². The Bertz CT molecular complexity index is 791. The van der Waals surface area contributed by atoms with Crippen molar-refractivity contribution in [1.29, 1.82) is 0 Å². The summed E-state index contributed by atoms with van der Waals surface area (Å²) in [4.78, 5) is 14.5. The molecule has 0 unspecified atom stereocenters. The molecule has 0 spiro atoms. The Balaban J connectivity index is 1.69. The van der Waals surface area contributed by atoms with Gasteiger partial charge in [-0.15, -0.1) is 5.10 Å². The zero-order valence-corrected chi connectivity index (χ0v) is 13.1. The first-order valence-electron chi connectivity index (χ1n) is 7.56. The first kappa shape index (κ1) is 15.5. The van der Waals surface area contributed by atoms with Crippen molar-refractivity contribution in [3.05, 3.63) is 59.0 Å². The second kappa shape index (κ2) is 7.26. The molecule has 23 heavy (non-hydrogen) atoms. The van der Waals surface area contributed by atoms with E-state index in [1.54, 1.807) is 24.0 Å². The van der Waals surface area contributed by atoms with E-state index in [0.717, 1.165) is 12.3 Å². The van der Waals surface area contributed by atoms with E-state index in [1.807, 2.05) is 30.3 Å². The number of aromatic nitrogens is 3. The smallest absolute Gasteiger partial charge is 0.350 e. The van der Waals surface area contributed by atoms with Gasteiger partial charge in [-0.2, -0.15) is 0 Å². The molecule has 3 aromatic rings. The van der Waals surface area contributed by atoms with E-state index < -0.39 is 0 Å². The highest BCUT2D eigenvalue weighted by molar-refractivity contribution is 5.35. The molecular weight excluding hydrogens is 296 g/mol. The highest BCUT2D eigenvalue weighted by atomic mass is 16.5. The van der Waals surface area contributed by atoms with E-state index in [2.05, 4.69) is 10.00 Å². The van der Waals surface area contributed by atoms with E-state index in [1.165, 1.54) is 4.68 Å². The summed E-state index contributed by atoms with van der Waals surface area (Å²) < 4.78 is 13.6. The number of hydrogen-bond donors (Lipinski definition) is 0. The van der Waals surface area contributed by atoms with E-state index in [9.17, 15) is 4.79 Å². The zero-order valence-electron chi connectivity index (χ0n) is 13.1. The van der Waals surface area contributed by atoms with Crippen LogP contribution in [0, 0.1) is 0 Å². The fourth-order valence-corrected chi connectivity index (χ4v) is 2.46. The maximum Gasteiger partial charge on any atom is 0.350 e. The highest BCUT2D eigenvalue weighted by Crippen LogP contribution is 2.05. The lowest BCUT2D eigenvalue weighted by molar-refractivity contribution is 0.135. The maximum atomic E-state index is 12.3. The van der Waals surface area contributed by atoms with Gasteiger partial charge in [0.15, 0.2) is 5.65 Å². The molecule has 0 saturated heterocycles. The third-order valence-corrected chi connectivity index (χ3v) is 3.69. The SMILES string of the molecule is COCCN(CCn1nc2ccccn2c1=O)Cc1ccco1. The van der Waals surface area contributed by atoms with Gasteiger partial charge < -0.3 is 9.15 Å². The van der Waals surface area contributed by atoms with Crippen molar-refractivity contribution >= 4 is 5.65 Å². The number of ether oxygens (including phenoxy) is 1. The maximum absolute atomic E-state index is 12.3. The zero-order chi connectivity index (χ0) is 16.1. The molecule has 0 radical (unpaired) electrons. The van der Waals surface area contributed by atoms with Gasteiger partial charge in [0.1, 0.15) is 5.76 Å². The van der Waals surface area contributed by atoms with Crippen LogP contribution in [0.1, 0.15) is 5.76 Å². The van der Waals surface area contributed by atoms with Crippen LogP contribution in [0.15, 0.2) is 52.0 Å². The normalized spacial score (nSPS) is 11.6. The number of furan rings is 1. The van der Waals surface area contributed by atoms with Crippen LogP contribution >= 0.6 is 0 Å². The number of hydrogen-bond acceptors (Lipinski definition) is 5. The van der Waals surface area contributed by atoms with Crippen molar-refractivity contribution in [2.75, 3.05) is 26.8 Å². The van der Waals surface area contributed by atoms with E-state index in [4.69, 9.17) is 9.15 Å². The number of fused-ring (bicyclic) bond motifs is 1. The van der Waals surface area contributed by atoms with Gasteiger partial charge in [0.25, 0.3) is 0 Å². The van der Waals surface area contributed by atoms with E-state index in [-0.39, 0.29) is 5.69 Å². The molecule has 0 N–H and O–H groups in total. The minimum absolute atomic E-state index is 0.120. The summed E-state index contributed by atoms with van der Waals surface area (Å²) >= 11 is 0. The quantitative estimate of drug-likeness (QED) is 0.625. The number of pyridine rings is 1. The van der Waals surface area contributed by atoms with Crippen LogP contribution in [0.5, 0.6) is 0 Å². The van der Waals surface area contributed by atoms with Crippen LogP contribution < -0.4 is 5.69 Å². The molecule has 0 bridgehead atoms. The van der Waals surface area contributed by atoms with Crippen LogP contribution in [0.2, 0.25) is 0 Å². The summed E-state index contributed by atoms with van der Waals surface area (Å²) in [5.74, 6) is 0.892. The highest BCUT2D eigenvalue weighted by Gasteiger charge is 2.11. The molecule has 0 fully saturated rings. The predicted octanol–water partition coefficient (Wildman–Crippen LogP) is 1.24. The van der Waals surface area contributed by atoms with Gasteiger partial charge in [-0.25, -0.2) is 9.48 Å². The summed E-state index contributed by atoms with van der Waals surface area (Å²) in [5, 5.41) is 4.35. The summed E-state index contributed by atoms with van der Waals surface area (Å²) in [7, 11) is 1.68. The topological polar surface area (TPSA) is 64.9 Å². The molecule has 0 aliphatic rings. The van der Waals surface area contributed by atoms with Crippen LogP contribution in [0.25, 0.3) is 5.65 Å². The monoisotopic (exact) mass is 316 g/mol. The van der Waals surface area contributed by atoms with Crippen LogP contribution in [0.3, 0.4) is 0 Å². The van der Waals surface area contributed by atoms with Crippen molar-refractivity contribution in [1.82, 2.24) is 19.1 Å². The molecule has 3 rings (SSSR count). The third kappa shape index (κ3) is 3.69. The Morgan fingerprint density at radius 2 is 2.17 bits per heavy atom. The van der Waals surface area contributed by atoms with Gasteiger partial charge in [0, 0.05) is 26.4 Å². The predicted molar refractivity (Wildman–Crippen MR) is 85.3 cm³/mol. The van der Waals surface area contributed by atoms with Gasteiger partial charge >= 0.3 is 5.69 Å².